The van der Waals surface area contributed by atoms with Gasteiger partial charge in [-0.15, -0.1) is 0 Å². The molecule has 1 rings (SSSR count). The second-order valence-electron chi connectivity index (χ2n) is 9.07. The van der Waals surface area contributed by atoms with Crippen molar-refractivity contribution < 1.29 is 23.9 Å². The summed E-state index contributed by atoms with van der Waals surface area (Å²) in [7, 11) is 0. The van der Waals surface area contributed by atoms with Gasteiger partial charge in [0.25, 0.3) is 0 Å². The number of carbonyl (C=O) groups excluding carboxylic acids is 3. The molecule has 1 atom stereocenters. The quantitative estimate of drug-likeness (QED) is 0.664. The van der Waals surface area contributed by atoms with Crippen LogP contribution in [0.25, 0.3) is 0 Å². The van der Waals surface area contributed by atoms with Gasteiger partial charge in [-0.2, -0.15) is 0 Å². The number of esters is 1. The highest BCUT2D eigenvalue weighted by Gasteiger charge is 2.41. The van der Waals surface area contributed by atoms with Crippen LogP contribution >= 0.6 is 0 Å². The van der Waals surface area contributed by atoms with E-state index in [1.165, 1.54) is 0 Å². The van der Waals surface area contributed by atoms with E-state index in [1.807, 2.05) is 46.4 Å². The predicted octanol–water partition coefficient (Wildman–Crippen LogP) is 3.51. The van der Waals surface area contributed by atoms with Crippen molar-refractivity contribution in [2.24, 2.45) is 11.3 Å². The first kappa shape index (κ1) is 24.2. The van der Waals surface area contributed by atoms with Crippen LogP contribution in [0.4, 0.5) is 4.79 Å². The first-order valence-electron chi connectivity index (χ1n) is 10.3. The maximum Gasteiger partial charge on any atom is 0.407 e. The number of nitrogens with zero attached hydrogens (tertiary/aromatic N) is 1. The molecule has 162 valence electrons. The molecule has 0 bridgehead atoms. The molecule has 1 saturated heterocycles. The van der Waals surface area contributed by atoms with Crippen LogP contribution in [0, 0.1) is 11.3 Å². The van der Waals surface area contributed by atoms with Gasteiger partial charge in [0.05, 0.1) is 12.0 Å². The van der Waals surface area contributed by atoms with Crippen LogP contribution in [0.2, 0.25) is 0 Å². The fourth-order valence-corrected chi connectivity index (χ4v) is 3.59. The third-order valence-electron chi connectivity index (χ3n) is 5.18. The Morgan fingerprint density at radius 1 is 1.07 bits per heavy atom. The molecule has 1 N–H and O–H groups in total. The van der Waals surface area contributed by atoms with Crippen molar-refractivity contribution in [1.82, 2.24) is 10.2 Å². The molecule has 0 radical (unpaired) electrons. The maximum absolute atomic E-state index is 13.2. The minimum atomic E-state index is -0.750. The van der Waals surface area contributed by atoms with Crippen molar-refractivity contribution in [3.8, 4) is 0 Å². The van der Waals surface area contributed by atoms with Crippen molar-refractivity contribution in [3.05, 3.63) is 0 Å². The van der Waals surface area contributed by atoms with Gasteiger partial charge >= 0.3 is 12.1 Å². The lowest BCUT2D eigenvalue weighted by Gasteiger charge is -2.40. The standard InChI is InChI=1S/C21H38N2O5/c1-8-16(22-19(26)28-20(3,4)5)21(6,7)18(25)23-12-10-15(11-13-23)14-17(24)27-9-2/h15-16H,8-14H2,1-7H3,(H,22,26). The van der Waals surface area contributed by atoms with Crippen LogP contribution < -0.4 is 5.32 Å². The molecule has 1 fully saturated rings. The molecule has 0 aromatic carbocycles. The summed E-state index contributed by atoms with van der Waals surface area (Å²) in [6.45, 7) is 14.5. The molecule has 0 saturated carbocycles. The first-order valence-corrected chi connectivity index (χ1v) is 10.3. The summed E-state index contributed by atoms with van der Waals surface area (Å²) in [5, 5.41) is 2.86. The summed E-state index contributed by atoms with van der Waals surface area (Å²) < 4.78 is 10.4. The third kappa shape index (κ3) is 7.32. The highest BCUT2D eigenvalue weighted by Crippen LogP contribution is 2.30. The Bertz CT molecular complexity index is 545. The molecule has 1 heterocycles. The highest BCUT2D eigenvalue weighted by atomic mass is 16.6. The number of hydrogen-bond acceptors (Lipinski definition) is 5. The van der Waals surface area contributed by atoms with E-state index in [2.05, 4.69) is 5.32 Å². The lowest BCUT2D eigenvalue weighted by molar-refractivity contribution is -0.145. The van der Waals surface area contributed by atoms with Gasteiger partial charge in [-0.05, 0) is 66.7 Å². The number of rotatable bonds is 7. The first-order chi connectivity index (χ1) is 12.9. The summed E-state index contributed by atoms with van der Waals surface area (Å²) in [6.07, 6.45) is 2.11. The van der Waals surface area contributed by atoms with Crippen LogP contribution in [-0.2, 0) is 19.1 Å². The summed E-state index contributed by atoms with van der Waals surface area (Å²) >= 11 is 0. The molecule has 7 nitrogen and oxygen atoms in total. The molecule has 1 unspecified atom stereocenters. The molecular weight excluding hydrogens is 360 g/mol. The summed E-state index contributed by atoms with van der Waals surface area (Å²) in [5.74, 6) is 0.110. The molecule has 0 aromatic heterocycles. The number of likely N-dealkylation sites (tertiary alicyclic amines) is 1. The Hall–Kier alpha value is -1.79. The van der Waals surface area contributed by atoms with E-state index in [1.54, 1.807) is 6.92 Å². The normalized spacial score (nSPS) is 17.0. The minimum absolute atomic E-state index is 0.0185. The van der Waals surface area contributed by atoms with Crippen LogP contribution in [0.3, 0.4) is 0 Å². The zero-order valence-electron chi connectivity index (χ0n) is 18.6. The Kier molecular flexibility index (Phi) is 8.76. The number of piperidine rings is 1. The highest BCUT2D eigenvalue weighted by molar-refractivity contribution is 5.83. The molecule has 0 aliphatic carbocycles. The predicted molar refractivity (Wildman–Crippen MR) is 108 cm³/mol. The molecule has 1 aliphatic heterocycles. The molecule has 1 aliphatic rings. The van der Waals surface area contributed by atoms with Gasteiger partial charge in [-0.25, -0.2) is 4.79 Å². The van der Waals surface area contributed by atoms with E-state index < -0.39 is 17.1 Å². The smallest absolute Gasteiger partial charge is 0.407 e. The van der Waals surface area contributed by atoms with Crippen LogP contribution in [0.5, 0.6) is 0 Å². The van der Waals surface area contributed by atoms with E-state index in [0.29, 0.717) is 32.5 Å². The van der Waals surface area contributed by atoms with Gasteiger partial charge in [0, 0.05) is 25.6 Å². The van der Waals surface area contributed by atoms with Gasteiger partial charge in [0.1, 0.15) is 5.60 Å². The zero-order chi connectivity index (χ0) is 21.5. The number of amides is 2. The van der Waals surface area contributed by atoms with Crippen LogP contribution in [0.15, 0.2) is 0 Å². The van der Waals surface area contributed by atoms with Gasteiger partial charge in [0.2, 0.25) is 5.91 Å². The number of hydrogen-bond donors (Lipinski definition) is 1. The number of ether oxygens (including phenoxy) is 2. The van der Waals surface area contributed by atoms with Gasteiger partial charge in [-0.3, -0.25) is 9.59 Å². The SMILES string of the molecule is CCOC(=O)CC1CCN(C(=O)C(C)(C)C(CC)NC(=O)OC(C)(C)C)CC1. The van der Waals surface area contributed by atoms with E-state index in [4.69, 9.17) is 9.47 Å². The lowest BCUT2D eigenvalue weighted by Crippen LogP contribution is -2.55. The van der Waals surface area contributed by atoms with Gasteiger partial charge < -0.3 is 19.7 Å². The average molecular weight is 399 g/mol. The summed E-state index contributed by atoms with van der Waals surface area (Å²) in [5.41, 5.74) is -1.34. The van der Waals surface area contributed by atoms with E-state index in [-0.39, 0.29) is 23.8 Å². The lowest BCUT2D eigenvalue weighted by atomic mass is 9.80. The average Bonchev–Trinajstić information content (AvgIpc) is 2.58. The Morgan fingerprint density at radius 3 is 2.11 bits per heavy atom. The van der Waals surface area contributed by atoms with Crippen molar-refractivity contribution in [2.45, 2.75) is 85.8 Å². The number of alkyl carbamates (subject to hydrolysis) is 1. The molecule has 0 aromatic rings. The Balaban J connectivity index is 2.65. The number of carbonyl (C=O) groups is 3. The number of nitrogens with one attached hydrogen (secondary N) is 1. The Morgan fingerprint density at radius 2 is 1.64 bits per heavy atom. The van der Waals surface area contributed by atoms with Crippen molar-refractivity contribution in [3.63, 3.8) is 0 Å². The zero-order valence-corrected chi connectivity index (χ0v) is 18.6. The van der Waals surface area contributed by atoms with Crippen molar-refractivity contribution >= 4 is 18.0 Å². The second kappa shape index (κ2) is 10.1. The van der Waals surface area contributed by atoms with Crippen LogP contribution in [-0.4, -0.2) is 54.2 Å². The summed E-state index contributed by atoms with van der Waals surface area (Å²) in [6, 6.07) is -0.327. The largest absolute Gasteiger partial charge is 0.466 e. The van der Waals surface area contributed by atoms with Crippen molar-refractivity contribution in [1.29, 1.82) is 0 Å². The van der Waals surface area contributed by atoms with E-state index >= 15 is 0 Å². The molecule has 28 heavy (non-hydrogen) atoms. The topological polar surface area (TPSA) is 84.9 Å². The van der Waals surface area contributed by atoms with E-state index in [0.717, 1.165) is 12.8 Å². The molecular formula is C21H38N2O5. The minimum Gasteiger partial charge on any atom is -0.466 e. The second-order valence-corrected chi connectivity index (χ2v) is 9.07. The fourth-order valence-electron chi connectivity index (χ4n) is 3.59. The van der Waals surface area contributed by atoms with Gasteiger partial charge in [0.15, 0.2) is 0 Å². The fraction of sp³-hybridized carbons (Fsp3) is 0.857. The van der Waals surface area contributed by atoms with Crippen LogP contribution in [0.1, 0.15) is 74.1 Å². The molecule has 0 spiro atoms. The third-order valence-corrected chi connectivity index (χ3v) is 5.18. The van der Waals surface area contributed by atoms with E-state index in [9.17, 15) is 14.4 Å². The summed E-state index contributed by atoms with van der Waals surface area (Å²) in [4.78, 5) is 38.8. The Labute approximate surface area is 169 Å². The molecule has 2 amide bonds. The molecule has 7 heteroatoms. The van der Waals surface area contributed by atoms with Crippen molar-refractivity contribution in [2.75, 3.05) is 19.7 Å². The maximum atomic E-state index is 13.2. The monoisotopic (exact) mass is 398 g/mol. The van der Waals surface area contributed by atoms with Gasteiger partial charge in [-0.1, -0.05) is 6.92 Å².